The first kappa shape index (κ1) is 10.5. The van der Waals surface area contributed by atoms with E-state index < -0.39 is 0 Å². The normalized spacial score (nSPS) is 26.5. The minimum absolute atomic E-state index is 0.00292. The van der Waals surface area contributed by atoms with Crippen molar-refractivity contribution in [1.29, 1.82) is 0 Å². The van der Waals surface area contributed by atoms with E-state index in [4.69, 9.17) is 4.74 Å². The number of ether oxygens (including phenoxy) is 1. The van der Waals surface area contributed by atoms with Crippen molar-refractivity contribution in [3.05, 3.63) is 0 Å². The van der Waals surface area contributed by atoms with Gasteiger partial charge >= 0.3 is 0 Å². The highest BCUT2D eigenvalue weighted by molar-refractivity contribution is 9.09. The van der Waals surface area contributed by atoms with E-state index in [-0.39, 0.29) is 5.60 Å². The topological polar surface area (TPSA) is 12.5 Å². The van der Waals surface area contributed by atoms with Crippen LogP contribution in [-0.4, -0.2) is 42.1 Å². The second-order valence-electron chi connectivity index (χ2n) is 4.08. The number of hydrogen-bond acceptors (Lipinski definition) is 2. The third-order valence-corrected chi connectivity index (χ3v) is 3.12. The van der Waals surface area contributed by atoms with Crippen LogP contribution in [-0.2, 0) is 4.74 Å². The monoisotopic (exact) mass is 235 g/mol. The molecule has 1 rings (SSSR count). The van der Waals surface area contributed by atoms with Gasteiger partial charge in [-0.05, 0) is 26.8 Å². The SMILES string of the molecule is COC(C)(C)CN1CCC(Br)C1. The van der Waals surface area contributed by atoms with Gasteiger partial charge in [-0.15, -0.1) is 0 Å². The summed E-state index contributed by atoms with van der Waals surface area (Å²) in [6, 6.07) is 0. The lowest BCUT2D eigenvalue weighted by Gasteiger charge is -2.28. The predicted molar refractivity (Wildman–Crippen MR) is 54.9 cm³/mol. The molecule has 3 heteroatoms. The fraction of sp³-hybridized carbons (Fsp3) is 1.00. The van der Waals surface area contributed by atoms with Crippen LogP contribution in [0.15, 0.2) is 0 Å². The molecule has 0 spiro atoms. The Hall–Kier alpha value is 0.400. The highest BCUT2D eigenvalue weighted by Gasteiger charge is 2.26. The fourth-order valence-electron chi connectivity index (χ4n) is 1.53. The van der Waals surface area contributed by atoms with Gasteiger partial charge in [0.05, 0.1) is 5.60 Å². The van der Waals surface area contributed by atoms with Gasteiger partial charge in [-0.25, -0.2) is 0 Å². The van der Waals surface area contributed by atoms with Crippen LogP contribution in [0.25, 0.3) is 0 Å². The smallest absolute Gasteiger partial charge is 0.0749 e. The summed E-state index contributed by atoms with van der Waals surface area (Å²) < 4.78 is 5.38. The number of halogens is 1. The van der Waals surface area contributed by atoms with Gasteiger partial charge in [0.15, 0.2) is 0 Å². The van der Waals surface area contributed by atoms with Crippen LogP contribution in [0, 0.1) is 0 Å². The third kappa shape index (κ3) is 3.04. The number of methoxy groups -OCH3 is 1. The van der Waals surface area contributed by atoms with Crippen LogP contribution in [0.4, 0.5) is 0 Å². The summed E-state index contributed by atoms with van der Waals surface area (Å²) in [6.45, 7) is 7.66. The number of rotatable bonds is 3. The minimum atomic E-state index is -0.00292. The molecule has 72 valence electrons. The van der Waals surface area contributed by atoms with Gasteiger partial charge in [0.2, 0.25) is 0 Å². The van der Waals surface area contributed by atoms with E-state index >= 15 is 0 Å². The molecule has 0 aromatic rings. The third-order valence-electron chi connectivity index (χ3n) is 2.37. The zero-order chi connectivity index (χ0) is 9.19. The van der Waals surface area contributed by atoms with Crippen LogP contribution in [0.3, 0.4) is 0 Å². The molecule has 1 fully saturated rings. The Labute approximate surface area is 83.4 Å². The van der Waals surface area contributed by atoms with Crippen molar-refractivity contribution in [2.45, 2.75) is 30.7 Å². The Morgan fingerprint density at radius 2 is 2.25 bits per heavy atom. The zero-order valence-corrected chi connectivity index (χ0v) is 9.73. The van der Waals surface area contributed by atoms with Gasteiger partial charge in [-0.1, -0.05) is 15.9 Å². The Kier molecular flexibility index (Phi) is 3.56. The van der Waals surface area contributed by atoms with Crippen LogP contribution in [0.5, 0.6) is 0 Å². The molecule has 0 bridgehead atoms. The van der Waals surface area contributed by atoms with Gasteiger partial charge < -0.3 is 4.74 Å². The summed E-state index contributed by atoms with van der Waals surface area (Å²) in [5, 5.41) is 0. The standard InChI is InChI=1S/C9H18BrNO/c1-9(2,12-3)7-11-5-4-8(10)6-11/h8H,4-7H2,1-3H3. The maximum atomic E-state index is 5.38. The van der Waals surface area contributed by atoms with Gasteiger partial charge in [-0.2, -0.15) is 0 Å². The van der Waals surface area contributed by atoms with E-state index in [1.54, 1.807) is 7.11 Å². The first-order valence-corrected chi connectivity index (χ1v) is 5.36. The summed E-state index contributed by atoms with van der Waals surface area (Å²) in [4.78, 5) is 3.13. The Balaban J connectivity index is 2.32. The summed E-state index contributed by atoms with van der Waals surface area (Å²) in [5.41, 5.74) is -0.00292. The molecular weight excluding hydrogens is 218 g/mol. The summed E-state index contributed by atoms with van der Waals surface area (Å²) in [6.07, 6.45) is 1.26. The first-order valence-electron chi connectivity index (χ1n) is 4.45. The maximum absolute atomic E-state index is 5.38. The molecule has 0 aromatic heterocycles. The van der Waals surface area contributed by atoms with Gasteiger partial charge in [-0.3, -0.25) is 4.90 Å². The molecule has 1 aliphatic heterocycles. The lowest BCUT2D eigenvalue weighted by molar-refractivity contribution is -0.00235. The molecule has 2 nitrogen and oxygen atoms in total. The number of likely N-dealkylation sites (tertiary alicyclic amines) is 1. The molecule has 0 amide bonds. The van der Waals surface area contributed by atoms with E-state index in [2.05, 4.69) is 34.7 Å². The highest BCUT2D eigenvalue weighted by Crippen LogP contribution is 2.19. The first-order chi connectivity index (χ1) is 5.53. The molecule has 0 radical (unpaired) electrons. The average molecular weight is 236 g/mol. The number of hydrogen-bond donors (Lipinski definition) is 0. The molecule has 0 aromatic carbocycles. The lowest BCUT2D eigenvalue weighted by Crippen LogP contribution is -2.38. The molecule has 0 saturated carbocycles. The van der Waals surface area contributed by atoms with Crippen LogP contribution < -0.4 is 0 Å². The molecular formula is C9H18BrNO. The highest BCUT2D eigenvalue weighted by atomic mass is 79.9. The van der Waals surface area contributed by atoms with E-state index in [0.29, 0.717) is 4.83 Å². The summed E-state index contributed by atoms with van der Waals surface area (Å²) in [7, 11) is 1.78. The molecule has 1 saturated heterocycles. The average Bonchev–Trinajstić information content (AvgIpc) is 2.35. The quantitative estimate of drug-likeness (QED) is 0.694. The van der Waals surface area contributed by atoms with Crippen molar-refractivity contribution < 1.29 is 4.74 Å². The second-order valence-corrected chi connectivity index (χ2v) is 5.38. The molecule has 12 heavy (non-hydrogen) atoms. The molecule has 1 atom stereocenters. The van der Waals surface area contributed by atoms with Gasteiger partial charge in [0.25, 0.3) is 0 Å². The fourth-order valence-corrected chi connectivity index (χ4v) is 2.15. The van der Waals surface area contributed by atoms with Crippen molar-refractivity contribution >= 4 is 15.9 Å². The van der Waals surface area contributed by atoms with Gasteiger partial charge in [0.1, 0.15) is 0 Å². The van der Waals surface area contributed by atoms with Crippen LogP contribution in [0.1, 0.15) is 20.3 Å². The minimum Gasteiger partial charge on any atom is -0.377 e. The maximum Gasteiger partial charge on any atom is 0.0749 e. The van der Waals surface area contributed by atoms with Crippen LogP contribution >= 0.6 is 15.9 Å². The van der Waals surface area contributed by atoms with Crippen molar-refractivity contribution in [1.82, 2.24) is 4.90 Å². The van der Waals surface area contributed by atoms with Crippen molar-refractivity contribution in [3.8, 4) is 0 Å². The van der Waals surface area contributed by atoms with Crippen LogP contribution in [0.2, 0.25) is 0 Å². The van der Waals surface area contributed by atoms with E-state index in [9.17, 15) is 0 Å². The number of alkyl halides is 1. The molecule has 1 unspecified atom stereocenters. The Morgan fingerprint density at radius 1 is 1.58 bits per heavy atom. The van der Waals surface area contributed by atoms with E-state index in [1.165, 1.54) is 13.0 Å². The Morgan fingerprint density at radius 3 is 2.67 bits per heavy atom. The molecule has 0 aliphatic carbocycles. The molecule has 0 N–H and O–H groups in total. The predicted octanol–water partition coefficient (Wildman–Crippen LogP) is 1.88. The van der Waals surface area contributed by atoms with Crippen molar-refractivity contribution in [3.63, 3.8) is 0 Å². The Bertz CT molecular complexity index is 149. The van der Waals surface area contributed by atoms with Gasteiger partial charge in [0, 0.05) is 25.0 Å². The van der Waals surface area contributed by atoms with Crippen molar-refractivity contribution in [2.75, 3.05) is 26.7 Å². The summed E-state index contributed by atoms with van der Waals surface area (Å²) in [5.74, 6) is 0. The van der Waals surface area contributed by atoms with E-state index in [1.807, 2.05) is 0 Å². The largest absolute Gasteiger partial charge is 0.377 e. The molecule has 1 heterocycles. The zero-order valence-electron chi connectivity index (χ0n) is 8.14. The lowest BCUT2D eigenvalue weighted by atomic mass is 10.1. The second kappa shape index (κ2) is 4.07. The number of nitrogens with zero attached hydrogens (tertiary/aromatic N) is 1. The van der Waals surface area contributed by atoms with E-state index in [0.717, 1.165) is 13.1 Å². The summed E-state index contributed by atoms with van der Waals surface area (Å²) >= 11 is 3.63. The molecule has 1 aliphatic rings. The van der Waals surface area contributed by atoms with Crippen molar-refractivity contribution in [2.24, 2.45) is 0 Å².